The maximum atomic E-state index is 11.9. The highest BCUT2D eigenvalue weighted by atomic mass is 35.5. The molecule has 2 aromatic carbocycles. The fourth-order valence-corrected chi connectivity index (χ4v) is 2.42. The zero-order valence-electron chi connectivity index (χ0n) is 14.6. The number of rotatable bonds is 7. The lowest BCUT2D eigenvalue weighted by Crippen LogP contribution is -2.22. The number of benzene rings is 2. The van der Waals surface area contributed by atoms with Gasteiger partial charge < -0.3 is 15.4 Å². The van der Waals surface area contributed by atoms with Gasteiger partial charge >= 0.3 is 5.97 Å². The second-order valence-corrected chi connectivity index (χ2v) is 6.52. The third kappa shape index (κ3) is 6.92. The van der Waals surface area contributed by atoms with Crippen LogP contribution in [0.4, 0.5) is 11.4 Å². The summed E-state index contributed by atoms with van der Waals surface area (Å²) in [5.74, 6) is -1.47. The molecule has 2 aromatic rings. The van der Waals surface area contributed by atoms with Gasteiger partial charge in [0.05, 0.1) is 6.42 Å². The Hall–Kier alpha value is -2.57. The van der Waals surface area contributed by atoms with Gasteiger partial charge in [0.2, 0.25) is 5.91 Å². The van der Waals surface area contributed by atoms with Crippen molar-refractivity contribution in [2.45, 2.75) is 19.8 Å². The molecule has 0 unspecified atom stereocenters. The number of hydrogen-bond acceptors (Lipinski definition) is 4. The predicted octanol–water partition coefficient (Wildman–Crippen LogP) is 4.20. The minimum Gasteiger partial charge on any atom is -0.456 e. The SMILES string of the molecule is Cc1c(Cl)cccc1NC(=O)COC(=O)CCC(=O)Nc1ccc(Cl)cc1. The van der Waals surface area contributed by atoms with Crippen LogP contribution in [0.15, 0.2) is 42.5 Å². The van der Waals surface area contributed by atoms with Crippen molar-refractivity contribution in [3.63, 3.8) is 0 Å². The Balaban J connectivity index is 1.70. The number of carbonyl (C=O) groups is 3. The van der Waals surface area contributed by atoms with Crippen LogP contribution in [-0.2, 0) is 19.1 Å². The van der Waals surface area contributed by atoms with Gasteiger partial charge in [0.25, 0.3) is 5.91 Å². The molecule has 0 aliphatic carbocycles. The Morgan fingerprint density at radius 3 is 2.33 bits per heavy atom. The number of hydrogen-bond donors (Lipinski definition) is 2. The van der Waals surface area contributed by atoms with Gasteiger partial charge in [-0.3, -0.25) is 14.4 Å². The molecule has 0 radical (unpaired) electrons. The van der Waals surface area contributed by atoms with Gasteiger partial charge in [-0.25, -0.2) is 0 Å². The van der Waals surface area contributed by atoms with E-state index in [1.165, 1.54) is 0 Å². The van der Waals surface area contributed by atoms with Crippen LogP contribution in [0, 0.1) is 6.92 Å². The lowest BCUT2D eigenvalue weighted by molar-refractivity contribution is -0.147. The Labute approximate surface area is 166 Å². The summed E-state index contributed by atoms with van der Waals surface area (Å²) in [6.07, 6.45) is -0.195. The first-order valence-electron chi connectivity index (χ1n) is 8.11. The second kappa shape index (κ2) is 9.94. The molecule has 27 heavy (non-hydrogen) atoms. The van der Waals surface area contributed by atoms with Crippen molar-refractivity contribution in [3.8, 4) is 0 Å². The molecule has 0 aromatic heterocycles. The number of anilines is 2. The van der Waals surface area contributed by atoms with Crippen LogP contribution < -0.4 is 10.6 Å². The summed E-state index contributed by atoms with van der Waals surface area (Å²) in [6, 6.07) is 11.7. The number of amides is 2. The van der Waals surface area contributed by atoms with Gasteiger partial charge in [-0.05, 0) is 48.9 Å². The third-order valence-corrected chi connectivity index (χ3v) is 4.25. The fourth-order valence-electron chi connectivity index (χ4n) is 2.12. The molecule has 142 valence electrons. The highest BCUT2D eigenvalue weighted by molar-refractivity contribution is 6.31. The minimum atomic E-state index is -0.640. The third-order valence-electron chi connectivity index (χ3n) is 3.59. The van der Waals surface area contributed by atoms with E-state index in [1.54, 1.807) is 49.4 Å². The second-order valence-electron chi connectivity index (χ2n) is 5.68. The molecule has 8 heteroatoms. The first kappa shape index (κ1) is 20.7. The van der Waals surface area contributed by atoms with E-state index in [0.29, 0.717) is 21.4 Å². The molecule has 0 fully saturated rings. The zero-order valence-corrected chi connectivity index (χ0v) is 16.1. The van der Waals surface area contributed by atoms with Crippen LogP contribution >= 0.6 is 23.2 Å². The standard InChI is InChI=1S/C19H18Cl2N2O4/c1-12-15(21)3-2-4-16(12)23-18(25)11-27-19(26)10-9-17(24)22-14-7-5-13(20)6-8-14/h2-8H,9-11H2,1H3,(H,22,24)(H,23,25). The van der Waals surface area contributed by atoms with E-state index >= 15 is 0 Å². The van der Waals surface area contributed by atoms with Crippen molar-refractivity contribution < 1.29 is 19.1 Å². The summed E-state index contributed by atoms with van der Waals surface area (Å²) in [6.45, 7) is 1.33. The average molecular weight is 409 g/mol. The lowest BCUT2D eigenvalue weighted by atomic mass is 10.2. The monoisotopic (exact) mass is 408 g/mol. The van der Waals surface area contributed by atoms with E-state index in [9.17, 15) is 14.4 Å². The first-order chi connectivity index (χ1) is 12.8. The molecule has 2 rings (SSSR count). The molecule has 2 amide bonds. The number of nitrogens with one attached hydrogen (secondary N) is 2. The smallest absolute Gasteiger partial charge is 0.306 e. The molecule has 2 N–H and O–H groups in total. The predicted molar refractivity (Wildman–Crippen MR) is 105 cm³/mol. The summed E-state index contributed by atoms with van der Waals surface area (Å²) in [5, 5.41) is 6.34. The highest BCUT2D eigenvalue weighted by Gasteiger charge is 2.12. The summed E-state index contributed by atoms with van der Waals surface area (Å²) < 4.78 is 4.88. The van der Waals surface area contributed by atoms with Gasteiger partial charge in [0.1, 0.15) is 0 Å². The number of esters is 1. The van der Waals surface area contributed by atoms with Crippen molar-refractivity contribution in [1.29, 1.82) is 0 Å². The molecule has 6 nitrogen and oxygen atoms in total. The van der Waals surface area contributed by atoms with Crippen molar-refractivity contribution in [2.24, 2.45) is 0 Å². The molecule has 0 aliphatic rings. The molecule has 0 saturated carbocycles. The summed E-state index contributed by atoms with van der Waals surface area (Å²) >= 11 is 11.7. The van der Waals surface area contributed by atoms with E-state index in [1.807, 2.05) is 0 Å². The Kier molecular flexibility index (Phi) is 7.64. The first-order valence-corrected chi connectivity index (χ1v) is 8.87. The number of ether oxygens (including phenoxy) is 1. The molecule has 0 heterocycles. The maximum absolute atomic E-state index is 11.9. The maximum Gasteiger partial charge on any atom is 0.306 e. The number of halogens is 2. The zero-order chi connectivity index (χ0) is 19.8. The topological polar surface area (TPSA) is 84.5 Å². The Bertz CT molecular complexity index is 838. The summed E-state index contributed by atoms with van der Waals surface area (Å²) in [7, 11) is 0. The van der Waals surface area contributed by atoms with Gasteiger partial charge in [0.15, 0.2) is 6.61 Å². The average Bonchev–Trinajstić information content (AvgIpc) is 2.64. The van der Waals surface area contributed by atoms with Gasteiger partial charge in [0, 0.05) is 27.8 Å². The van der Waals surface area contributed by atoms with Crippen LogP contribution in [0.5, 0.6) is 0 Å². The van der Waals surface area contributed by atoms with E-state index < -0.39 is 18.5 Å². The number of carbonyl (C=O) groups excluding carboxylic acids is 3. The summed E-state index contributed by atoms with van der Waals surface area (Å²) in [5.41, 5.74) is 1.85. The molecule has 0 atom stereocenters. The lowest BCUT2D eigenvalue weighted by Gasteiger charge is -2.10. The fraction of sp³-hybridized carbons (Fsp3) is 0.211. The molecule has 0 saturated heterocycles. The normalized spacial score (nSPS) is 10.2. The molecule has 0 bridgehead atoms. The van der Waals surface area contributed by atoms with Crippen LogP contribution in [0.1, 0.15) is 18.4 Å². The van der Waals surface area contributed by atoms with Crippen molar-refractivity contribution >= 4 is 52.4 Å². The van der Waals surface area contributed by atoms with E-state index in [0.717, 1.165) is 5.56 Å². The van der Waals surface area contributed by atoms with E-state index in [-0.39, 0.29) is 18.7 Å². The van der Waals surface area contributed by atoms with Crippen LogP contribution in [0.25, 0.3) is 0 Å². The molecular formula is C19H18Cl2N2O4. The van der Waals surface area contributed by atoms with Gasteiger partial charge in [-0.2, -0.15) is 0 Å². The van der Waals surface area contributed by atoms with Gasteiger partial charge in [-0.15, -0.1) is 0 Å². The largest absolute Gasteiger partial charge is 0.456 e. The van der Waals surface area contributed by atoms with E-state index in [4.69, 9.17) is 27.9 Å². The van der Waals surface area contributed by atoms with Crippen molar-refractivity contribution in [1.82, 2.24) is 0 Å². The Morgan fingerprint density at radius 2 is 1.63 bits per heavy atom. The van der Waals surface area contributed by atoms with Crippen molar-refractivity contribution in [3.05, 3.63) is 58.1 Å². The van der Waals surface area contributed by atoms with Gasteiger partial charge in [-0.1, -0.05) is 29.3 Å². The van der Waals surface area contributed by atoms with Crippen LogP contribution in [0.3, 0.4) is 0 Å². The van der Waals surface area contributed by atoms with Crippen LogP contribution in [0.2, 0.25) is 10.0 Å². The van der Waals surface area contributed by atoms with Crippen LogP contribution in [-0.4, -0.2) is 24.4 Å². The molecule has 0 spiro atoms. The molecular weight excluding hydrogens is 391 g/mol. The van der Waals surface area contributed by atoms with E-state index in [2.05, 4.69) is 10.6 Å². The minimum absolute atomic E-state index is 0.0590. The quantitative estimate of drug-likeness (QED) is 0.672. The van der Waals surface area contributed by atoms with Crippen molar-refractivity contribution in [2.75, 3.05) is 17.2 Å². The highest BCUT2D eigenvalue weighted by Crippen LogP contribution is 2.22. The molecule has 0 aliphatic heterocycles. The summed E-state index contributed by atoms with van der Waals surface area (Å²) in [4.78, 5) is 35.4. The Morgan fingerprint density at radius 1 is 0.926 bits per heavy atom.